The summed E-state index contributed by atoms with van der Waals surface area (Å²) in [5, 5.41) is 2.80. The van der Waals surface area contributed by atoms with Gasteiger partial charge >= 0.3 is 5.97 Å². The smallest absolute Gasteiger partial charge is 0.302 e. The van der Waals surface area contributed by atoms with E-state index < -0.39 is 0 Å². The molecule has 0 aliphatic carbocycles. The van der Waals surface area contributed by atoms with Crippen LogP contribution in [-0.4, -0.2) is 37.2 Å². The average Bonchev–Trinajstić information content (AvgIpc) is 2.16. The zero-order chi connectivity index (χ0) is 11.3. The third kappa shape index (κ3) is 4.78. The molecule has 0 radical (unpaired) electrons. The predicted molar refractivity (Wildman–Crippen MR) is 53.2 cm³/mol. The van der Waals surface area contributed by atoms with Gasteiger partial charge in [0.15, 0.2) is 0 Å². The number of rotatable bonds is 3. The first-order valence-corrected chi connectivity index (χ1v) is 5.10. The summed E-state index contributed by atoms with van der Waals surface area (Å²) in [5.41, 5.74) is 0. The Kier molecular flexibility index (Phi) is 4.55. The van der Waals surface area contributed by atoms with Crippen LogP contribution in [0.5, 0.6) is 0 Å². The molecule has 0 unspecified atom stereocenters. The van der Waals surface area contributed by atoms with Crippen LogP contribution in [0.4, 0.5) is 0 Å². The monoisotopic (exact) mass is 215 g/mol. The molecule has 5 nitrogen and oxygen atoms in total. The molecule has 2 atom stereocenters. The maximum absolute atomic E-state index is 10.8. The van der Waals surface area contributed by atoms with Crippen molar-refractivity contribution >= 4 is 11.9 Å². The lowest BCUT2D eigenvalue weighted by molar-refractivity contribution is -0.146. The van der Waals surface area contributed by atoms with Crippen molar-refractivity contribution in [3.63, 3.8) is 0 Å². The average molecular weight is 215 g/mol. The van der Waals surface area contributed by atoms with E-state index in [1.165, 1.54) is 13.8 Å². The normalized spacial score (nSPS) is 25.7. The van der Waals surface area contributed by atoms with Gasteiger partial charge in [-0.15, -0.1) is 0 Å². The first kappa shape index (κ1) is 12.0. The van der Waals surface area contributed by atoms with Crippen LogP contribution in [0.1, 0.15) is 26.7 Å². The predicted octanol–water partition coefficient (Wildman–Crippen LogP) is 0.233. The van der Waals surface area contributed by atoms with Gasteiger partial charge < -0.3 is 14.8 Å². The van der Waals surface area contributed by atoms with E-state index in [1.54, 1.807) is 0 Å². The van der Waals surface area contributed by atoms with Crippen molar-refractivity contribution in [3.05, 3.63) is 0 Å². The second kappa shape index (κ2) is 5.70. The van der Waals surface area contributed by atoms with E-state index in [-0.39, 0.29) is 24.0 Å². The maximum atomic E-state index is 10.8. The van der Waals surface area contributed by atoms with Gasteiger partial charge in [-0.1, -0.05) is 0 Å². The molecule has 1 N–H and O–H groups in total. The lowest BCUT2D eigenvalue weighted by Gasteiger charge is -2.28. The Balaban J connectivity index is 2.18. The minimum absolute atomic E-state index is 0.0288. The molecule has 5 heteroatoms. The number of hydrogen-bond acceptors (Lipinski definition) is 4. The molecule has 1 heterocycles. The van der Waals surface area contributed by atoms with Gasteiger partial charge in [0.25, 0.3) is 0 Å². The van der Waals surface area contributed by atoms with Crippen LogP contribution in [0.2, 0.25) is 0 Å². The summed E-state index contributed by atoms with van der Waals surface area (Å²) in [6.45, 7) is 3.67. The van der Waals surface area contributed by atoms with Crippen molar-refractivity contribution in [2.75, 3.05) is 13.2 Å². The van der Waals surface area contributed by atoms with Crippen molar-refractivity contribution in [1.82, 2.24) is 5.32 Å². The van der Waals surface area contributed by atoms with E-state index in [1.807, 2.05) is 0 Å². The molecule has 1 fully saturated rings. The van der Waals surface area contributed by atoms with E-state index in [0.717, 1.165) is 12.8 Å². The van der Waals surface area contributed by atoms with Gasteiger partial charge in [0.05, 0.1) is 18.8 Å². The SMILES string of the molecule is CC(=O)N[C@@H]1CC[C@@H](COC(C)=O)OC1. The highest BCUT2D eigenvalue weighted by Crippen LogP contribution is 2.13. The molecule has 0 spiro atoms. The first-order valence-electron chi connectivity index (χ1n) is 5.10. The van der Waals surface area contributed by atoms with Gasteiger partial charge in [0.1, 0.15) is 6.61 Å². The maximum Gasteiger partial charge on any atom is 0.302 e. The Morgan fingerprint density at radius 3 is 2.60 bits per heavy atom. The minimum Gasteiger partial charge on any atom is -0.463 e. The van der Waals surface area contributed by atoms with Crippen molar-refractivity contribution in [1.29, 1.82) is 0 Å². The van der Waals surface area contributed by atoms with E-state index in [0.29, 0.717) is 13.2 Å². The van der Waals surface area contributed by atoms with Crippen LogP contribution in [-0.2, 0) is 19.1 Å². The molecule has 1 rings (SSSR count). The molecular weight excluding hydrogens is 198 g/mol. The van der Waals surface area contributed by atoms with E-state index in [4.69, 9.17) is 9.47 Å². The first-order chi connectivity index (χ1) is 7.08. The van der Waals surface area contributed by atoms with Gasteiger partial charge in [-0.05, 0) is 12.8 Å². The Morgan fingerprint density at radius 2 is 2.13 bits per heavy atom. The fourth-order valence-electron chi connectivity index (χ4n) is 1.55. The molecule has 1 aliphatic heterocycles. The topological polar surface area (TPSA) is 64.6 Å². The highest BCUT2D eigenvalue weighted by atomic mass is 16.6. The van der Waals surface area contributed by atoms with Crippen LogP contribution in [0, 0.1) is 0 Å². The molecule has 1 saturated heterocycles. The number of carbonyl (C=O) groups excluding carboxylic acids is 2. The number of hydrogen-bond donors (Lipinski definition) is 1. The summed E-state index contributed by atoms with van der Waals surface area (Å²) >= 11 is 0. The standard InChI is InChI=1S/C10H17NO4/c1-7(12)11-9-3-4-10(15-5-9)6-14-8(2)13/h9-10H,3-6H2,1-2H3,(H,11,12)/t9-,10+/m1/s1. The number of carbonyl (C=O) groups is 2. The van der Waals surface area contributed by atoms with Crippen LogP contribution in [0.3, 0.4) is 0 Å². The molecule has 15 heavy (non-hydrogen) atoms. The summed E-state index contributed by atoms with van der Waals surface area (Å²) < 4.78 is 10.3. The van der Waals surface area contributed by atoms with Crippen LogP contribution in [0.25, 0.3) is 0 Å². The quantitative estimate of drug-likeness (QED) is 0.685. The summed E-state index contributed by atoms with van der Waals surface area (Å²) in [4.78, 5) is 21.3. The fourth-order valence-corrected chi connectivity index (χ4v) is 1.55. The number of esters is 1. The van der Waals surface area contributed by atoms with Gasteiger partial charge in [-0.25, -0.2) is 0 Å². The number of ether oxygens (including phenoxy) is 2. The van der Waals surface area contributed by atoms with Crippen LogP contribution < -0.4 is 5.32 Å². The Labute approximate surface area is 89.1 Å². The summed E-state index contributed by atoms with van der Waals surface area (Å²) in [6, 6.07) is 0.0936. The molecule has 1 amide bonds. The van der Waals surface area contributed by atoms with Crippen molar-refractivity contribution in [2.24, 2.45) is 0 Å². The fraction of sp³-hybridized carbons (Fsp3) is 0.800. The third-order valence-corrected chi connectivity index (χ3v) is 2.25. The highest BCUT2D eigenvalue weighted by Gasteiger charge is 2.22. The molecule has 0 saturated carbocycles. The Hall–Kier alpha value is -1.10. The zero-order valence-electron chi connectivity index (χ0n) is 9.12. The van der Waals surface area contributed by atoms with E-state index in [2.05, 4.69) is 5.32 Å². The second-order valence-electron chi connectivity index (χ2n) is 3.73. The molecule has 0 aromatic heterocycles. The van der Waals surface area contributed by atoms with Crippen molar-refractivity contribution < 1.29 is 19.1 Å². The third-order valence-electron chi connectivity index (χ3n) is 2.25. The molecule has 86 valence electrons. The molecule has 1 aliphatic rings. The Bertz CT molecular complexity index is 234. The van der Waals surface area contributed by atoms with Crippen molar-refractivity contribution in [3.8, 4) is 0 Å². The second-order valence-corrected chi connectivity index (χ2v) is 3.73. The largest absolute Gasteiger partial charge is 0.463 e. The van der Waals surface area contributed by atoms with Crippen LogP contribution >= 0.6 is 0 Å². The summed E-state index contributed by atoms with van der Waals surface area (Å²) in [7, 11) is 0. The zero-order valence-corrected chi connectivity index (χ0v) is 9.12. The van der Waals surface area contributed by atoms with Gasteiger partial charge in [-0.3, -0.25) is 9.59 Å². The Morgan fingerprint density at radius 1 is 1.40 bits per heavy atom. The minimum atomic E-state index is -0.289. The highest BCUT2D eigenvalue weighted by molar-refractivity contribution is 5.73. The van der Waals surface area contributed by atoms with E-state index >= 15 is 0 Å². The lowest BCUT2D eigenvalue weighted by Crippen LogP contribution is -2.43. The van der Waals surface area contributed by atoms with Crippen LogP contribution in [0.15, 0.2) is 0 Å². The van der Waals surface area contributed by atoms with Gasteiger partial charge in [0.2, 0.25) is 5.91 Å². The molecule has 0 bridgehead atoms. The lowest BCUT2D eigenvalue weighted by atomic mass is 10.1. The summed E-state index contributed by atoms with van der Waals surface area (Å²) in [6.07, 6.45) is 1.64. The van der Waals surface area contributed by atoms with E-state index in [9.17, 15) is 9.59 Å². The number of nitrogens with one attached hydrogen (secondary N) is 1. The molecule has 0 aromatic rings. The summed E-state index contributed by atoms with van der Waals surface area (Å²) in [5.74, 6) is -0.329. The number of amides is 1. The molecular formula is C10H17NO4. The molecule has 0 aromatic carbocycles. The van der Waals surface area contributed by atoms with Crippen molar-refractivity contribution in [2.45, 2.75) is 38.8 Å². The van der Waals surface area contributed by atoms with Gasteiger partial charge in [0, 0.05) is 13.8 Å². The van der Waals surface area contributed by atoms with Gasteiger partial charge in [-0.2, -0.15) is 0 Å².